The summed E-state index contributed by atoms with van der Waals surface area (Å²) in [5, 5.41) is 8.56. The van der Waals surface area contributed by atoms with Crippen molar-refractivity contribution in [1.29, 1.82) is 0 Å². The van der Waals surface area contributed by atoms with Crippen LogP contribution in [0.25, 0.3) is 11.5 Å². The molecule has 0 saturated carbocycles. The molecule has 1 aliphatic rings. The number of para-hydroxylation sites is 1. The quantitative estimate of drug-likeness (QED) is 0.679. The number of carbonyl (C=O) groups excluding carboxylic acids is 1. The van der Waals surface area contributed by atoms with Crippen LogP contribution < -0.4 is 9.64 Å². The minimum Gasteiger partial charge on any atom is -0.493 e. The molecule has 3 aromatic rings. The highest BCUT2D eigenvalue weighted by atomic mass is 16.5. The lowest BCUT2D eigenvalue weighted by atomic mass is 10.1. The molecule has 1 amide bonds. The molecule has 7 nitrogen and oxygen atoms in total. The Bertz CT molecular complexity index is 917. The number of anilines is 1. The number of aromatic nitrogens is 2. The van der Waals surface area contributed by atoms with Gasteiger partial charge < -0.3 is 19.0 Å². The van der Waals surface area contributed by atoms with Gasteiger partial charge in [0.1, 0.15) is 11.4 Å². The van der Waals surface area contributed by atoms with Crippen molar-refractivity contribution < 1.29 is 13.9 Å². The van der Waals surface area contributed by atoms with Crippen LogP contribution in [-0.4, -0.2) is 53.8 Å². The van der Waals surface area contributed by atoms with Gasteiger partial charge in [-0.2, -0.15) is 0 Å². The molecule has 1 saturated heterocycles. The van der Waals surface area contributed by atoms with Crippen LogP contribution in [-0.2, 0) is 0 Å². The van der Waals surface area contributed by atoms with E-state index >= 15 is 0 Å². The van der Waals surface area contributed by atoms with Gasteiger partial charge in [-0.3, -0.25) is 4.79 Å². The molecule has 0 aliphatic carbocycles. The van der Waals surface area contributed by atoms with Crippen LogP contribution in [0.5, 0.6) is 5.75 Å². The lowest BCUT2D eigenvalue weighted by Gasteiger charge is -2.35. The van der Waals surface area contributed by atoms with Gasteiger partial charge in [0.25, 0.3) is 5.91 Å². The van der Waals surface area contributed by atoms with Crippen molar-refractivity contribution in [3.8, 4) is 17.2 Å². The normalized spacial score (nSPS) is 14.2. The number of hydrogen-bond donors (Lipinski definition) is 0. The summed E-state index contributed by atoms with van der Waals surface area (Å²) < 4.78 is 10.9. The molecule has 144 valence electrons. The summed E-state index contributed by atoms with van der Waals surface area (Å²) in [4.78, 5) is 16.9. The molecule has 7 heteroatoms. The van der Waals surface area contributed by atoms with Crippen molar-refractivity contribution in [1.82, 2.24) is 15.1 Å². The highest BCUT2D eigenvalue weighted by Crippen LogP contribution is 2.22. The van der Waals surface area contributed by atoms with E-state index in [1.165, 1.54) is 0 Å². The van der Waals surface area contributed by atoms with Crippen LogP contribution in [0, 0.1) is 0 Å². The average Bonchev–Trinajstić information content (AvgIpc) is 3.29. The predicted molar refractivity (Wildman–Crippen MR) is 105 cm³/mol. The molecule has 1 aliphatic heterocycles. The molecular formula is C21H22N4O3. The van der Waals surface area contributed by atoms with Crippen molar-refractivity contribution in [2.24, 2.45) is 0 Å². The molecule has 1 aromatic carbocycles. The minimum absolute atomic E-state index is 0.00273. The van der Waals surface area contributed by atoms with Crippen molar-refractivity contribution in [2.45, 2.75) is 6.92 Å². The predicted octanol–water partition coefficient (Wildman–Crippen LogP) is 3.10. The van der Waals surface area contributed by atoms with E-state index in [4.69, 9.17) is 9.15 Å². The van der Waals surface area contributed by atoms with Crippen LogP contribution in [0.2, 0.25) is 0 Å². The maximum Gasteiger partial charge on any atom is 0.257 e. The number of hydrogen-bond acceptors (Lipinski definition) is 6. The molecule has 0 N–H and O–H groups in total. The highest BCUT2D eigenvalue weighted by Gasteiger charge is 2.25. The lowest BCUT2D eigenvalue weighted by Crippen LogP contribution is -2.49. The molecule has 0 atom stereocenters. The van der Waals surface area contributed by atoms with E-state index < -0.39 is 0 Å². The van der Waals surface area contributed by atoms with Crippen molar-refractivity contribution >= 4 is 11.7 Å². The van der Waals surface area contributed by atoms with Gasteiger partial charge in [0.05, 0.1) is 18.4 Å². The fraction of sp³-hybridized carbons (Fsp3) is 0.286. The molecule has 4 rings (SSSR count). The maximum atomic E-state index is 12.9. The van der Waals surface area contributed by atoms with E-state index in [9.17, 15) is 4.79 Å². The van der Waals surface area contributed by atoms with E-state index in [2.05, 4.69) is 15.1 Å². The van der Waals surface area contributed by atoms with Gasteiger partial charge in [-0.1, -0.05) is 12.1 Å². The van der Waals surface area contributed by atoms with Gasteiger partial charge >= 0.3 is 0 Å². The summed E-state index contributed by atoms with van der Waals surface area (Å²) >= 11 is 0. The number of rotatable bonds is 5. The number of piperazine rings is 1. The van der Waals surface area contributed by atoms with Crippen LogP contribution in [0.3, 0.4) is 0 Å². The Labute approximate surface area is 163 Å². The first-order valence-corrected chi connectivity index (χ1v) is 9.40. The van der Waals surface area contributed by atoms with Gasteiger partial charge in [-0.05, 0) is 43.3 Å². The standard InChI is InChI=1S/C21H22N4O3/c1-2-27-18-7-4-3-6-16(18)21(26)25-13-11-24(12-14-25)20-10-9-17(22-23-20)19-8-5-15-28-19/h3-10,15H,2,11-14H2,1H3. The van der Waals surface area contributed by atoms with Crippen LogP contribution in [0.15, 0.2) is 59.2 Å². The van der Waals surface area contributed by atoms with E-state index in [1.807, 2.05) is 60.4 Å². The Morgan fingerprint density at radius 2 is 1.86 bits per heavy atom. The first-order chi connectivity index (χ1) is 13.8. The second-order valence-corrected chi connectivity index (χ2v) is 6.46. The molecule has 3 heterocycles. The van der Waals surface area contributed by atoms with Gasteiger partial charge in [0.15, 0.2) is 11.6 Å². The van der Waals surface area contributed by atoms with Crippen LogP contribution in [0.1, 0.15) is 17.3 Å². The summed E-state index contributed by atoms with van der Waals surface area (Å²) in [6.45, 7) is 5.11. The summed E-state index contributed by atoms with van der Waals surface area (Å²) in [7, 11) is 0. The Morgan fingerprint density at radius 1 is 1.04 bits per heavy atom. The van der Waals surface area contributed by atoms with Crippen LogP contribution in [0.4, 0.5) is 5.82 Å². The van der Waals surface area contributed by atoms with Crippen molar-refractivity contribution in [3.05, 3.63) is 60.4 Å². The Kier molecular flexibility index (Phi) is 5.23. The van der Waals surface area contributed by atoms with Crippen molar-refractivity contribution in [3.63, 3.8) is 0 Å². The maximum absolute atomic E-state index is 12.9. The van der Waals surface area contributed by atoms with Gasteiger partial charge in [-0.25, -0.2) is 0 Å². The summed E-state index contributed by atoms with van der Waals surface area (Å²) in [6.07, 6.45) is 1.62. The van der Waals surface area contributed by atoms with E-state index in [0.717, 1.165) is 5.82 Å². The molecule has 0 spiro atoms. The number of carbonyl (C=O) groups is 1. The summed E-state index contributed by atoms with van der Waals surface area (Å²) in [6, 6.07) is 14.9. The lowest BCUT2D eigenvalue weighted by molar-refractivity contribution is 0.0742. The summed E-state index contributed by atoms with van der Waals surface area (Å²) in [5.74, 6) is 2.14. The Hall–Kier alpha value is -3.35. The number of ether oxygens (including phenoxy) is 1. The molecule has 1 fully saturated rings. The first-order valence-electron chi connectivity index (χ1n) is 9.40. The third-order valence-electron chi connectivity index (χ3n) is 4.73. The van der Waals surface area contributed by atoms with Crippen molar-refractivity contribution in [2.75, 3.05) is 37.7 Å². The van der Waals surface area contributed by atoms with Gasteiger partial charge in [-0.15, -0.1) is 10.2 Å². The Morgan fingerprint density at radius 3 is 2.54 bits per heavy atom. The third kappa shape index (κ3) is 3.69. The first kappa shape index (κ1) is 18.0. The average molecular weight is 378 g/mol. The van der Waals surface area contributed by atoms with Gasteiger partial charge in [0.2, 0.25) is 0 Å². The summed E-state index contributed by atoms with van der Waals surface area (Å²) in [5.41, 5.74) is 1.32. The SMILES string of the molecule is CCOc1ccccc1C(=O)N1CCN(c2ccc(-c3ccco3)nn2)CC1. The highest BCUT2D eigenvalue weighted by molar-refractivity contribution is 5.97. The fourth-order valence-corrected chi connectivity index (χ4v) is 3.28. The van der Waals surface area contributed by atoms with E-state index in [1.54, 1.807) is 6.26 Å². The number of benzene rings is 1. The second kappa shape index (κ2) is 8.12. The van der Waals surface area contributed by atoms with Crippen LogP contribution >= 0.6 is 0 Å². The topological polar surface area (TPSA) is 71.7 Å². The molecule has 28 heavy (non-hydrogen) atoms. The second-order valence-electron chi connectivity index (χ2n) is 6.46. The molecule has 2 aromatic heterocycles. The largest absolute Gasteiger partial charge is 0.493 e. The number of amides is 1. The smallest absolute Gasteiger partial charge is 0.257 e. The Balaban J connectivity index is 1.40. The van der Waals surface area contributed by atoms with Gasteiger partial charge in [0, 0.05) is 26.2 Å². The zero-order valence-corrected chi connectivity index (χ0v) is 15.7. The van der Waals surface area contributed by atoms with E-state index in [0.29, 0.717) is 55.6 Å². The van der Waals surface area contributed by atoms with E-state index in [-0.39, 0.29) is 5.91 Å². The zero-order valence-electron chi connectivity index (χ0n) is 15.7. The number of nitrogens with zero attached hydrogens (tertiary/aromatic N) is 4. The zero-order chi connectivity index (χ0) is 19.3. The molecular weight excluding hydrogens is 356 g/mol. The third-order valence-corrected chi connectivity index (χ3v) is 4.73. The minimum atomic E-state index is 0.00273. The molecule has 0 unspecified atom stereocenters. The molecule has 0 bridgehead atoms. The number of furan rings is 1. The molecule has 0 radical (unpaired) electrons. The fourth-order valence-electron chi connectivity index (χ4n) is 3.28. The monoisotopic (exact) mass is 378 g/mol.